The van der Waals surface area contributed by atoms with Gasteiger partial charge in [0.05, 0.1) is 37.1 Å². The molecule has 0 aliphatic carbocycles. The lowest BCUT2D eigenvalue weighted by molar-refractivity contribution is -0.896. The van der Waals surface area contributed by atoms with Crippen molar-refractivity contribution < 1.29 is 19.4 Å². The van der Waals surface area contributed by atoms with Gasteiger partial charge >= 0.3 is 0 Å². The van der Waals surface area contributed by atoms with Crippen LogP contribution in [-0.4, -0.2) is 70.3 Å². The number of benzene rings is 2. The molecule has 0 bridgehead atoms. The van der Waals surface area contributed by atoms with Crippen LogP contribution in [0.2, 0.25) is 0 Å². The lowest BCUT2D eigenvalue weighted by Gasteiger charge is -2.47. The summed E-state index contributed by atoms with van der Waals surface area (Å²) in [5.41, 5.74) is 3.34. The number of nitro groups is 1. The Labute approximate surface area is 209 Å². The van der Waals surface area contributed by atoms with E-state index >= 15 is 0 Å². The highest BCUT2D eigenvalue weighted by Crippen LogP contribution is 2.43. The number of aromatic amines is 1. The molecular weight excluding hydrogens is 458 g/mol. The van der Waals surface area contributed by atoms with Crippen molar-refractivity contribution in [3.05, 3.63) is 75.5 Å². The van der Waals surface area contributed by atoms with E-state index in [1.807, 2.05) is 24.3 Å². The third-order valence-electron chi connectivity index (χ3n) is 7.70. The number of rotatable bonds is 8. The second kappa shape index (κ2) is 9.73. The summed E-state index contributed by atoms with van der Waals surface area (Å²) < 4.78 is 0. The molecule has 9 heteroatoms. The van der Waals surface area contributed by atoms with Crippen LogP contribution in [0.5, 0.6) is 0 Å². The molecule has 0 spiro atoms. The number of piperazine rings is 1. The van der Waals surface area contributed by atoms with E-state index in [9.17, 15) is 19.7 Å². The molecule has 1 aromatic heterocycles. The summed E-state index contributed by atoms with van der Waals surface area (Å²) in [5.74, 6) is -0.175. The fourth-order valence-electron chi connectivity index (χ4n) is 5.79. The normalized spacial score (nSPS) is 19.6. The second-order valence-corrected chi connectivity index (χ2v) is 9.66. The number of quaternary nitrogens is 1. The van der Waals surface area contributed by atoms with Gasteiger partial charge in [0.1, 0.15) is 6.04 Å². The van der Waals surface area contributed by atoms with Crippen LogP contribution in [-0.2, 0) is 16.0 Å². The maximum absolute atomic E-state index is 13.7. The minimum atomic E-state index is -0.636. The van der Waals surface area contributed by atoms with E-state index in [-0.39, 0.29) is 24.0 Å². The van der Waals surface area contributed by atoms with Crippen LogP contribution in [0.15, 0.2) is 48.5 Å². The zero-order valence-corrected chi connectivity index (χ0v) is 20.7. The SMILES string of the molecule is CC[NH+](CC)CCCN1CC(=O)N2[C@H](c3cccc([N+](=O)[O-])c3)c3[nH]c4ccccc4c3C[C@H]2C1=O. The number of nitrogens with zero attached hydrogens (tertiary/aromatic N) is 3. The molecule has 3 heterocycles. The Morgan fingerprint density at radius 2 is 1.89 bits per heavy atom. The molecule has 2 aliphatic heterocycles. The predicted octanol–water partition coefficient (Wildman–Crippen LogP) is 2.08. The zero-order valence-electron chi connectivity index (χ0n) is 20.7. The predicted molar refractivity (Wildman–Crippen MR) is 136 cm³/mol. The Bertz CT molecular complexity index is 1310. The minimum absolute atomic E-state index is 0.0317. The molecule has 36 heavy (non-hydrogen) atoms. The van der Waals surface area contributed by atoms with Gasteiger partial charge in [-0.1, -0.05) is 30.3 Å². The van der Waals surface area contributed by atoms with Gasteiger partial charge in [-0.05, 0) is 31.0 Å². The number of fused-ring (bicyclic) bond motifs is 4. The average molecular weight is 491 g/mol. The maximum Gasteiger partial charge on any atom is 0.269 e. The van der Waals surface area contributed by atoms with Crippen LogP contribution in [0.4, 0.5) is 5.69 Å². The Morgan fingerprint density at radius 3 is 2.64 bits per heavy atom. The number of H-pyrrole nitrogens is 1. The van der Waals surface area contributed by atoms with Crippen molar-refractivity contribution in [3.63, 3.8) is 0 Å². The summed E-state index contributed by atoms with van der Waals surface area (Å²) >= 11 is 0. The number of carbonyl (C=O) groups is 2. The maximum atomic E-state index is 13.7. The van der Waals surface area contributed by atoms with Gasteiger partial charge in [-0.15, -0.1) is 0 Å². The number of carbonyl (C=O) groups excluding carboxylic acids is 2. The smallest absolute Gasteiger partial charge is 0.269 e. The molecule has 2 amide bonds. The first-order valence-corrected chi connectivity index (χ1v) is 12.7. The summed E-state index contributed by atoms with van der Waals surface area (Å²) in [6.45, 7) is 7.93. The topological polar surface area (TPSA) is 104 Å². The first-order valence-electron chi connectivity index (χ1n) is 12.7. The van der Waals surface area contributed by atoms with Crippen LogP contribution in [0.25, 0.3) is 10.9 Å². The molecule has 0 radical (unpaired) electrons. The van der Waals surface area contributed by atoms with Gasteiger partial charge < -0.3 is 19.7 Å². The van der Waals surface area contributed by atoms with Gasteiger partial charge in [-0.3, -0.25) is 19.7 Å². The molecule has 1 fully saturated rings. The highest BCUT2D eigenvalue weighted by molar-refractivity contribution is 5.97. The Kier molecular flexibility index (Phi) is 6.49. The fraction of sp³-hybridized carbons (Fsp3) is 0.407. The average Bonchev–Trinajstić information content (AvgIpc) is 3.26. The molecule has 1 saturated heterocycles. The summed E-state index contributed by atoms with van der Waals surface area (Å²) in [7, 11) is 0. The molecule has 2 aromatic carbocycles. The Balaban J connectivity index is 1.53. The van der Waals surface area contributed by atoms with Crippen molar-refractivity contribution >= 4 is 28.4 Å². The summed E-state index contributed by atoms with van der Waals surface area (Å²) in [6.07, 6.45) is 1.27. The molecule has 0 unspecified atom stereocenters. The van der Waals surface area contributed by atoms with E-state index in [0.717, 1.165) is 48.2 Å². The molecule has 2 aliphatic rings. The number of para-hydroxylation sites is 1. The number of aromatic nitrogens is 1. The molecule has 2 atom stereocenters. The highest BCUT2D eigenvalue weighted by Gasteiger charge is 2.48. The van der Waals surface area contributed by atoms with Gasteiger partial charge in [0, 0.05) is 48.1 Å². The molecule has 3 aromatic rings. The summed E-state index contributed by atoms with van der Waals surface area (Å²) in [6, 6.07) is 13.1. The van der Waals surface area contributed by atoms with E-state index < -0.39 is 17.0 Å². The number of non-ortho nitro benzene ring substituents is 1. The number of hydrogen-bond acceptors (Lipinski definition) is 4. The van der Waals surface area contributed by atoms with Crippen LogP contribution in [0.1, 0.15) is 43.1 Å². The molecule has 188 valence electrons. The van der Waals surface area contributed by atoms with Gasteiger partial charge in [0.2, 0.25) is 11.8 Å². The monoisotopic (exact) mass is 490 g/mol. The molecule has 0 saturated carbocycles. The zero-order chi connectivity index (χ0) is 25.4. The number of amides is 2. The van der Waals surface area contributed by atoms with Crippen LogP contribution in [0.3, 0.4) is 0 Å². The Morgan fingerprint density at radius 1 is 1.11 bits per heavy atom. The number of nitrogens with one attached hydrogen (secondary N) is 2. The molecular formula is C27H32N5O4+. The van der Waals surface area contributed by atoms with Crippen molar-refractivity contribution in [1.82, 2.24) is 14.8 Å². The van der Waals surface area contributed by atoms with Crippen molar-refractivity contribution in [2.75, 3.05) is 32.7 Å². The fourth-order valence-corrected chi connectivity index (χ4v) is 5.79. The highest BCUT2D eigenvalue weighted by atomic mass is 16.6. The minimum Gasteiger partial charge on any atom is -0.356 e. The van der Waals surface area contributed by atoms with E-state index in [4.69, 9.17) is 0 Å². The third-order valence-corrected chi connectivity index (χ3v) is 7.70. The Hall–Kier alpha value is -3.72. The lowest BCUT2D eigenvalue weighted by atomic mass is 9.86. The first-order chi connectivity index (χ1) is 17.4. The standard InChI is InChI=1S/C27H31N5O4/c1-3-29(4-2)13-8-14-30-17-24(33)31-23(27(30)34)16-21-20-11-5-6-12-22(20)28-25(21)26(31)18-9-7-10-19(15-18)32(35)36/h5-7,9-12,15,23,26,28H,3-4,8,13-14,16-17H2,1-2H3/p+1/t23-,26+/m0/s1. The quantitative estimate of drug-likeness (QED) is 0.373. The van der Waals surface area contributed by atoms with Crippen molar-refractivity contribution in [1.29, 1.82) is 0 Å². The largest absolute Gasteiger partial charge is 0.356 e. The van der Waals surface area contributed by atoms with Gasteiger partial charge in [0.25, 0.3) is 5.69 Å². The van der Waals surface area contributed by atoms with Crippen molar-refractivity contribution in [3.8, 4) is 0 Å². The third kappa shape index (κ3) is 4.13. The van der Waals surface area contributed by atoms with E-state index in [0.29, 0.717) is 18.5 Å². The number of hydrogen-bond donors (Lipinski definition) is 2. The van der Waals surface area contributed by atoms with Gasteiger partial charge in [-0.25, -0.2) is 0 Å². The van der Waals surface area contributed by atoms with E-state index in [1.165, 1.54) is 17.0 Å². The molecule has 2 N–H and O–H groups in total. The van der Waals surface area contributed by atoms with Crippen molar-refractivity contribution in [2.24, 2.45) is 0 Å². The van der Waals surface area contributed by atoms with Crippen LogP contribution < -0.4 is 4.90 Å². The summed E-state index contributed by atoms with van der Waals surface area (Å²) in [5, 5.41) is 12.5. The van der Waals surface area contributed by atoms with Gasteiger partial charge in [-0.2, -0.15) is 0 Å². The lowest BCUT2D eigenvalue weighted by Crippen LogP contribution is -3.11. The molecule has 9 nitrogen and oxygen atoms in total. The van der Waals surface area contributed by atoms with Crippen molar-refractivity contribution in [2.45, 2.75) is 38.8 Å². The summed E-state index contributed by atoms with van der Waals surface area (Å²) in [4.78, 5) is 46.7. The van der Waals surface area contributed by atoms with E-state index in [2.05, 4.69) is 18.8 Å². The van der Waals surface area contributed by atoms with Crippen LogP contribution in [0, 0.1) is 10.1 Å². The van der Waals surface area contributed by atoms with E-state index in [1.54, 1.807) is 21.9 Å². The molecule has 5 rings (SSSR count). The van der Waals surface area contributed by atoms with Crippen LogP contribution >= 0.6 is 0 Å². The second-order valence-electron chi connectivity index (χ2n) is 9.66. The van der Waals surface area contributed by atoms with Gasteiger partial charge in [0.15, 0.2) is 0 Å². The number of nitro benzene ring substituents is 1. The first kappa shape index (κ1) is 24.0.